The summed E-state index contributed by atoms with van der Waals surface area (Å²) in [6.45, 7) is 1.87. The first-order valence-corrected chi connectivity index (χ1v) is 8.22. The predicted octanol–water partition coefficient (Wildman–Crippen LogP) is 2.16. The number of hydrogen-bond donors (Lipinski definition) is 2. The minimum Gasteiger partial charge on any atom is -0.392 e. The number of rotatable bonds is 5. The second-order valence-electron chi connectivity index (χ2n) is 6.11. The lowest BCUT2D eigenvalue weighted by Gasteiger charge is -2.34. The topological polar surface area (TPSA) is 64.4 Å². The molecule has 1 saturated heterocycles. The quantitative estimate of drug-likeness (QED) is 0.763. The van der Waals surface area contributed by atoms with Gasteiger partial charge in [0, 0.05) is 19.8 Å². The molecule has 4 nitrogen and oxygen atoms in total. The van der Waals surface area contributed by atoms with Crippen LogP contribution in [0.5, 0.6) is 0 Å². The molecule has 20 heavy (non-hydrogen) atoms. The summed E-state index contributed by atoms with van der Waals surface area (Å²) in [5.41, 5.74) is 5.15. The van der Waals surface area contributed by atoms with Crippen LogP contribution in [0.15, 0.2) is 0 Å². The van der Waals surface area contributed by atoms with E-state index in [2.05, 4.69) is 5.32 Å². The highest BCUT2D eigenvalue weighted by Crippen LogP contribution is 2.31. The summed E-state index contributed by atoms with van der Waals surface area (Å²) >= 11 is 5.14. The van der Waals surface area contributed by atoms with Gasteiger partial charge in [0.2, 0.25) is 5.91 Å². The van der Waals surface area contributed by atoms with Crippen LogP contribution >= 0.6 is 12.2 Å². The molecule has 3 N–H and O–H groups in total. The Kier molecular flexibility index (Phi) is 5.78. The molecule has 1 heterocycles. The average molecular weight is 298 g/mol. The minimum atomic E-state index is -0.680. The molecule has 0 aromatic heterocycles. The molecule has 0 radical (unpaired) electrons. The summed E-state index contributed by atoms with van der Waals surface area (Å²) in [5, 5.41) is 3.06. The normalized spacial score (nSPS) is 23.2. The van der Waals surface area contributed by atoms with Crippen LogP contribution in [0.4, 0.5) is 0 Å². The molecule has 1 aliphatic heterocycles. The largest absolute Gasteiger partial charge is 0.392 e. The Bertz CT molecular complexity index is 348. The summed E-state index contributed by atoms with van der Waals surface area (Å²) in [4.78, 5) is 12.8. The van der Waals surface area contributed by atoms with E-state index in [9.17, 15) is 4.79 Å². The highest BCUT2D eigenvalue weighted by atomic mass is 32.1. The van der Waals surface area contributed by atoms with E-state index >= 15 is 0 Å². The zero-order chi connectivity index (χ0) is 14.4. The maximum absolute atomic E-state index is 12.5. The molecular formula is C15H26N2O2S. The lowest BCUT2D eigenvalue weighted by atomic mass is 9.79. The third-order valence-corrected chi connectivity index (χ3v) is 5.21. The molecule has 0 bridgehead atoms. The lowest BCUT2D eigenvalue weighted by Crippen LogP contribution is -2.52. The van der Waals surface area contributed by atoms with Crippen LogP contribution in [-0.2, 0) is 9.53 Å². The number of hydrogen-bond acceptors (Lipinski definition) is 3. The van der Waals surface area contributed by atoms with Crippen LogP contribution in [-0.4, -0.2) is 30.7 Å². The maximum atomic E-state index is 12.5. The molecule has 1 amide bonds. The molecule has 2 aliphatic rings. The molecule has 114 valence electrons. The number of carbonyl (C=O) groups is 1. The van der Waals surface area contributed by atoms with Gasteiger partial charge >= 0.3 is 0 Å². The van der Waals surface area contributed by atoms with E-state index in [1.807, 2.05) is 0 Å². The van der Waals surface area contributed by atoms with Gasteiger partial charge in [0.1, 0.15) is 5.41 Å². The fourth-order valence-electron chi connectivity index (χ4n) is 3.34. The smallest absolute Gasteiger partial charge is 0.233 e. The van der Waals surface area contributed by atoms with Crippen LogP contribution in [0.2, 0.25) is 0 Å². The fraction of sp³-hybridized carbons (Fsp3) is 0.867. The van der Waals surface area contributed by atoms with E-state index in [4.69, 9.17) is 22.7 Å². The number of nitrogens with two attached hydrogens (primary N) is 1. The second kappa shape index (κ2) is 7.36. The first-order valence-electron chi connectivity index (χ1n) is 7.81. The Balaban J connectivity index is 1.81. The van der Waals surface area contributed by atoms with Gasteiger partial charge in [0.05, 0.1) is 4.99 Å². The van der Waals surface area contributed by atoms with Gasteiger partial charge in [0.25, 0.3) is 0 Å². The van der Waals surface area contributed by atoms with Crippen LogP contribution in [0.3, 0.4) is 0 Å². The van der Waals surface area contributed by atoms with Crippen LogP contribution in [0.25, 0.3) is 0 Å². The molecule has 1 saturated carbocycles. The number of carbonyl (C=O) groups excluding carboxylic acids is 1. The molecule has 2 rings (SSSR count). The molecule has 0 atom stereocenters. The standard InChI is InChI=1S/C15H26N2O2S/c16-13(20)15(7-10-19-11-8-15)14(18)17-9-6-12-4-2-1-3-5-12/h12H,1-11H2,(H2,16,20)(H,17,18). The van der Waals surface area contributed by atoms with Gasteiger partial charge in [0.15, 0.2) is 0 Å². The third-order valence-electron chi connectivity index (χ3n) is 4.82. The summed E-state index contributed by atoms with van der Waals surface area (Å²) in [5.74, 6) is 0.781. The second-order valence-corrected chi connectivity index (χ2v) is 6.55. The fourth-order valence-corrected chi connectivity index (χ4v) is 3.64. The predicted molar refractivity (Wildman–Crippen MR) is 83.5 cm³/mol. The number of thiocarbonyl (C=S) groups is 1. The summed E-state index contributed by atoms with van der Waals surface area (Å²) in [6, 6.07) is 0. The first kappa shape index (κ1) is 15.7. The van der Waals surface area contributed by atoms with Crippen LogP contribution < -0.4 is 11.1 Å². The summed E-state index contributed by atoms with van der Waals surface area (Å²) < 4.78 is 5.33. The van der Waals surface area contributed by atoms with E-state index < -0.39 is 5.41 Å². The van der Waals surface area contributed by atoms with Gasteiger partial charge in [-0.05, 0) is 25.2 Å². The van der Waals surface area contributed by atoms with Crippen molar-refractivity contribution in [1.29, 1.82) is 0 Å². The third kappa shape index (κ3) is 3.70. The van der Waals surface area contributed by atoms with Gasteiger partial charge in [-0.3, -0.25) is 4.79 Å². The summed E-state index contributed by atoms with van der Waals surface area (Å²) in [7, 11) is 0. The summed E-state index contributed by atoms with van der Waals surface area (Å²) in [6.07, 6.45) is 8.96. The Morgan fingerprint density at radius 2 is 1.90 bits per heavy atom. The van der Waals surface area contributed by atoms with Crippen LogP contribution in [0.1, 0.15) is 51.4 Å². The number of ether oxygens (including phenoxy) is 1. The highest BCUT2D eigenvalue weighted by molar-refractivity contribution is 7.80. The van der Waals surface area contributed by atoms with Crippen LogP contribution in [0, 0.1) is 11.3 Å². The van der Waals surface area contributed by atoms with E-state index in [0.717, 1.165) is 18.9 Å². The van der Waals surface area contributed by atoms with Crippen molar-refractivity contribution >= 4 is 23.1 Å². The van der Waals surface area contributed by atoms with Crippen molar-refractivity contribution in [3.05, 3.63) is 0 Å². The van der Waals surface area contributed by atoms with Crippen molar-refractivity contribution in [2.24, 2.45) is 17.1 Å². The van der Waals surface area contributed by atoms with Gasteiger partial charge in [-0.25, -0.2) is 0 Å². The van der Waals surface area contributed by atoms with Gasteiger partial charge in [-0.15, -0.1) is 0 Å². The molecule has 0 aromatic carbocycles. The van der Waals surface area contributed by atoms with E-state index in [1.165, 1.54) is 32.1 Å². The van der Waals surface area contributed by atoms with Crippen molar-refractivity contribution in [2.45, 2.75) is 51.4 Å². The Labute approximate surface area is 126 Å². The monoisotopic (exact) mass is 298 g/mol. The Morgan fingerprint density at radius 1 is 1.25 bits per heavy atom. The molecule has 0 unspecified atom stereocenters. The van der Waals surface area contributed by atoms with Gasteiger partial charge in [-0.2, -0.15) is 0 Å². The SMILES string of the molecule is NC(=S)C1(C(=O)NCCC2CCCCC2)CCOCC1. The molecule has 5 heteroatoms. The Morgan fingerprint density at radius 3 is 2.50 bits per heavy atom. The molecular weight excluding hydrogens is 272 g/mol. The maximum Gasteiger partial charge on any atom is 0.233 e. The zero-order valence-corrected chi connectivity index (χ0v) is 13.0. The van der Waals surface area contributed by atoms with E-state index in [0.29, 0.717) is 31.0 Å². The zero-order valence-electron chi connectivity index (χ0n) is 12.2. The van der Waals surface area contributed by atoms with Crippen molar-refractivity contribution in [3.63, 3.8) is 0 Å². The average Bonchev–Trinajstić information content (AvgIpc) is 2.48. The molecule has 2 fully saturated rings. The van der Waals surface area contributed by atoms with Crippen molar-refractivity contribution in [3.8, 4) is 0 Å². The highest BCUT2D eigenvalue weighted by Gasteiger charge is 2.42. The van der Waals surface area contributed by atoms with Gasteiger partial charge < -0.3 is 15.8 Å². The molecule has 0 aromatic rings. The lowest BCUT2D eigenvalue weighted by molar-refractivity contribution is -0.131. The number of nitrogens with one attached hydrogen (secondary N) is 1. The molecule has 1 aliphatic carbocycles. The van der Waals surface area contributed by atoms with Crippen molar-refractivity contribution < 1.29 is 9.53 Å². The van der Waals surface area contributed by atoms with Gasteiger partial charge in [-0.1, -0.05) is 44.3 Å². The number of amides is 1. The molecule has 0 spiro atoms. The van der Waals surface area contributed by atoms with Crippen molar-refractivity contribution in [2.75, 3.05) is 19.8 Å². The van der Waals surface area contributed by atoms with Crippen molar-refractivity contribution in [1.82, 2.24) is 5.32 Å². The van der Waals surface area contributed by atoms with E-state index in [1.54, 1.807) is 0 Å². The first-order chi connectivity index (χ1) is 9.65. The van der Waals surface area contributed by atoms with E-state index in [-0.39, 0.29) is 5.91 Å². The Hall–Kier alpha value is -0.680. The minimum absolute atomic E-state index is 0.00381.